The first-order valence-electron chi connectivity index (χ1n) is 13.5. The van der Waals surface area contributed by atoms with Gasteiger partial charge in [-0.05, 0) is 79.0 Å². The molecule has 2 aromatic rings. The van der Waals surface area contributed by atoms with Gasteiger partial charge in [0.25, 0.3) is 0 Å². The SMILES string of the molecule is C/C(=C\c1ccc(O)cc1Cl)CC[C@@H](O)C1=C(C(C)C)C[C@H]2C(=O)N(c3cccc(B(O)O)c3)C(=O)[C@H]2[C@H]1CO. The van der Waals surface area contributed by atoms with Gasteiger partial charge < -0.3 is 25.4 Å². The fourth-order valence-electron chi connectivity index (χ4n) is 6.01. The van der Waals surface area contributed by atoms with Crippen LogP contribution in [0, 0.1) is 23.7 Å². The number of amides is 2. The number of aliphatic hydroxyl groups is 2. The van der Waals surface area contributed by atoms with Crippen molar-refractivity contribution in [3.63, 3.8) is 0 Å². The van der Waals surface area contributed by atoms with E-state index in [-0.39, 0.29) is 22.8 Å². The molecule has 0 radical (unpaired) electrons. The molecule has 1 saturated heterocycles. The molecule has 40 heavy (non-hydrogen) atoms. The summed E-state index contributed by atoms with van der Waals surface area (Å²) in [5.74, 6) is -3.05. The van der Waals surface area contributed by atoms with Crippen LogP contribution in [-0.2, 0) is 9.59 Å². The van der Waals surface area contributed by atoms with Gasteiger partial charge in [-0.3, -0.25) is 14.5 Å². The maximum atomic E-state index is 13.7. The summed E-state index contributed by atoms with van der Waals surface area (Å²) in [4.78, 5) is 28.3. The van der Waals surface area contributed by atoms with Crippen molar-refractivity contribution >= 4 is 47.8 Å². The molecule has 1 fully saturated rings. The minimum absolute atomic E-state index is 0.0168. The Labute approximate surface area is 239 Å². The number of aliphatic hydroxyl groups excluding tert-OH is 2. The maximum Gasteiger partial charge on any atom is 0.488 e. The monoisotopic (exact) mass is 567 g/mol. The Morgan fingerprint density at radius 2 is 1.88 bits per heavy atom. The van der Waals surface area contributed by atoms with Crippen LogP contribution < -0.4 is 10.4 Å². The lowest BCUT2D eigenvalue weighted by atomic mass is 9.66. The predicted octanol–water partition coefficient (Wildman–Crippen LogP) is 3.04. The van der Waals surface area contributed by atoms with Crippen LogP contribution in [0.4, 0.5) is 5.69 Å². The minimum Gasteiger partial charge on any atom is -0.508 e. The van der Waals surface area contributed by atoms with Crippen LogP contribution in [0.3, 0.4) is 0 Å². The van der Waals surface area contributed by atoms with Crippen LogP contribution in [0.1, 0.15) is 45.6 Å². The van der Waals surface area contributed by atoms with Crippen molar-refractivity contribution in [2.24, 2.45) is 23.7 Å². The number of allylic oxidation sites excluding steroid dienone is 2. The van der Waals surface area contributed by atoms with Gasteiger partial charge in [-0.25, -0.2) is 0 Å². The lowest BCUT2D eigenvalue weighted by Gasteiger charge is -2.38. The average Bonchev–Trinajstić information content (AvgIpc) is 3.17. The van der Waals surface area contributed by atoms with E-state index in [9.17, 15) is 35.0 Å². The van der Waals surface area contributed by atoms with Gasteiger partial charge in [0.2, 0.25) is 11.8 Å². The number of phenolic OH excluding ortho intramolecular Hbond substituents is 1. The standard InChI is InChI=1S/C30H35BClNO7/c1-16(2)22-14-23-28(30(38)33(29(23)37)20-6-4-5-19(12-20)31(39)40)24(15-34)27(22)26(36)10-7-17(3)11-18-8-9-21(35)13-25(18)32/h4-6,8-9,11-13,16,23-24,26,28,34-36,39-40H,7,10,14-15H2,1-3H3/b17-11+/t23-,24+,26-,28-/m1/s1. The lowest BCUT2D eigenvalue weighted by molar-refractivity contribution is -0.123. The fraction of sp³-hybridized carbons (Fsp3) is 0.400. The second-order valence-corrected chi connectivity index (χ2v) is 11.4. The number of carbonyl (C=O) groups is 2. The molecule has 8 nitrogen and oxygen atoms in total. The van der Waals surface area contributed by atoms with Crippen LogP contribution in [0.2, 0.25) is 5.02 Å². The van der Waals surface area contributed by atoms with E-state index >= 15 is 0 Å². The van der Waals surface area contributed by atoms with Crippen LogP contribution in [0.25, 0.3) is 6.08 Å². The van der Waals surface area contributed by atoms with E-state index in [1.807, 2.05) is 26.8 Å². The maximum absolute atomic E-state index is 13.7. The van der Waals surface area contributed by atoms with Crippen LogP contribution in [0.5, 0.6) is 5.75 Å². The second kappa shape index (κ2) is 12.3. The topological polar surface area (TPSA) is 139 Å². The van der Waals surface area contributed by atoms with E-state index in [0.29, 0.717) is 29.9 Å². The summed E-state index contributed by atoms with van der Waals surface area (Å²) in [7, 11) is -1.75. The zero-order chi connectivity index (χ0) is 29.3. The van der Waals surface area contributed by atoms with E-state index in [1.54, 1.807) is 24.3 Å². The zero-order valence-corrected chi connectivity index (χ0v) is 23.5. The normalized spacial score (nSPS) is 22.3. The van der Waals surface area contributed by atoms with Crippen LogP contribution in [0.15, 0.2) is 59.2 Å². The first kappa shape index (κ1) is 30.0. The quantitative estimate of drug-likeness (QED) is 0.178. The van der Waals surface area contributed by atoms with Crippen molar-refractivity contribution in [1.82, 2.24) is 0 Å². The Bertz CT molecular complexity index is 1360. The molecule has 5 N–H and O–H groups in total. The van der Waals surface area contributed by atoms with Gasteiger partial charge in [-0.2, -0.15) is 0 Å². The number of halogens is 1. The highest BCUT2D eigenvalue weighted by Gasteiger charge is 2.55. The molecule has 2 aromatic carbocycles. The van der Waals surface area contributed by atoms with E-state index in [0.717, 1.165) is 21.6 Å². The highest BCUT2D eigenvalue weighted by molar-refractivity contribution is 6.58. The molecule has 0 bridgehead atoms. The number of fused-ring (bicyclic) bond motifs is 1. The van der Waals surface area contributed by atoms with E-state index in [4.69, 9.17) is 11.6 Å². The molecule has 1 aliphatic carbocycles. The summed E-state index contributed by atoms with van der Waals surface area (Å²) in [6.45, 7) is 5.46. The van der Waals surface area contributed by atoms with Gasteiger partial charge in [0, 0.05) is 5.92 Å². The third kappa shape index (κ3) is 5.89. The number of rotatable bonds is 9. The summed E-state index contributed by atoms with van der Waals surface area (Å²) in [6, 6.07) is 10.7. The van der Waals surface area contributed by atoms with E-state index < -0.39 is 49.4 Å². The van der Waals surface area contributed by atoms with Crippen molar-refractivity contribution in [2.75, 3.05) is 11.5 Å². The first-order chi connectivity index (χ1) is 18.9. The van der Waals surface area contributed by atoms with Gasteiger partial charge >= 0.3 is 7.12 Å². The van der Waals surface area contributed by atoms with Crippen molar-refractivity contribution in [3.8, 4) is 5.75 Å². The Morgan fingerprint density at radius 3 is 2.50 bits per heavy atom. The van der Waals surface area contributed by atoms with Crippen molar-refractivity contribution in [2.45, 2.75) is 46.1 Å². The Hall–Kier alpha value is -2.95. The minimum atomic E-state index is -1.75. The number of hydrogen-bond acceptors (Lipinski definition) is 7. The molecule has 0 aromatic heterocycles. The van der Waals surface area contributed by atoms with Crippen molar-refractivity contribution < 1.29 is 35.0 Å². The number of nitrogens with zero attached hydrogens (tertiary/aromatic N) is 1. The summed E-state index contributed by atoms with van der Waals surface area (Å²) in [5.41, 5.74) is 3.59. The second-order valence-electron chi connectivity index (χ2n) is 11.0. The Morgan fingerprint density at radius 1 is 1.15 bits per heavy atom. The molecule has 4 atom stereocenters. The number of hydrogen-bond donors (Lipinski definition) is 5. The summed E-state index contributed by atoms with van der Waals surface area (Å²) in [5, 5.41) is 51.1. The fourth-order valence-corrected chi connectivity index (χ4v) is 6.24. The number of aromatic hydroxyl groups is 1. The molecule has 1 heterocycles. The predicted molar refractivity (Wildman–Crippen MR) is 155 cm³/mol. The first-order valence-corrected chi connectivity index (χ1v) is 13.8. The number of anilines is 1. The van der Waals surface area contributed by atoms with Gasteiger partial charge in [0.15, 0.2) is 0 Å². The van der Waals surface area contributed by atoms with Crippen molar-refractivity contribution in [1.29, 1.82) is 0 Å². The lowest BCUT2D eigenvalue weighted by Crippen LogP contribution is -2.40. The molecule has 2 aliphatic rings. The smallest absolute Gasteiger partial charge is 0.488 e. The molecule has 10 heteroatoms. The van der Waals surface area contributed by atoms with Gasteiger partial charge in [-0.15, -0.1) is 0 Å². The molecular formula is C30H35BClNO7. The Balaban J connectivity index is 1.61. The number of benzene rings is 2. The molecule has 212 valence electrons. The van der Waals surface area contributed by atoms with Gasteiger partial charge in [0.1, 0.15) is 5.75 Å². The third-order valence-electron chi connectivity index (χ3n) is 8.00. The average molecular weight is 568 g/mol. The molecule has 0 spiro atoms. The number of carbonyl (C=O) groups excluding carboxylic acids is 2. The third-order valence-corrected chi connectivity index (χ3v) is 8.32. The van der Waals surface area contributed by atoms with Gasteiger partial charge in [-0.1, -0.05) is 54.8 Å². The number of phenols is 1. The molecule has 0 saturated carbocycles. The molecule has 2 amide bonds. The molecule has 1 aliphatic heterocycles. The zero-order valence-electron chi connectivity index (χ0n) is 22.8. The van der Waals surface area contributed by atoms with Crippen molar-refractivity contribution in [3.05, 3.63) is 69.8 Å². The number of imide groups is 1. The Kier molecular flexibility index (Phi) is 9.22. The van der Waals surface area contributed by atoms with E-state index in [1.165, 1.54) is 18.2 Å². The van der Waals surface area contributed by atoms with Gasteiger partial charge in [0.05, 0.1) is 35.3 Å². The molecule has 4 rings (SSSR count). The highest BCUT2D eigenvalue weighted by atomic mass is 35.5. The largest absolute Gasteiger partial charge is 0.508 e. The van der Waals surface area contributed by atoms with Crippen LogP contribution >= 0.6 is 11.6 Å². The van der Waals surface area contributed by atoms with Crippen LogP contribution in [-0.4, -0.2) is 57.0 Å². The highest BCUT2D eigenvalue weighted by Crippen LogP contribution is 2.48. The molecular weight excluding hydrogens is 533 g/mol. The van der Waals surface area contributed by atoms with E-state index in [2.05, 4.69) is 0 Å². The summed E-state index contributed by atoms with van der Waals surface area (Å²) in [6.07, 6.45) is 2.13. The summed E-state index contributed by atoms with van der Waals surface area (Å²) >= 11 is 6.23. The molecule has 0 unspecified atom stereocenters. The summed E-state index contributed by atoms with van der Waals surface area (Å²) < 4.78 is 0.